The van der Waals surface area contributed by atoms with Gasteiger partial charge in [0.25, 0.3) is 0 Å². The lowest BCUT2D eigenvalue weighted by atomic mass is 10.0. The van der Waals surface area contributed by atoms with Gasteiger partial charge in [0.1, 0.15) is 11.9 Å². The van der Waals surface area contributed by atoms with Gasteiger partial charge < -0.3 is 5.11 Å². The van der Waals surface area contributed by atoms with Crippen molar-refractivity contribution in [2.75, 3.05) is 0 Å². The van der Waals surface area contributed by atoms with E-state index in [2.05, 4.69) is 21.0 Å². The highest BCUT2D eigenvalue weighted by atomic mass is 79.9. The van der Waals surface area contributed by atoms with Gasteiger partial charge >= 0.3 is 0 Å². The second-order valence-corrected chi connectivity index (χ2v) is 5.36. The molecule has 2 aromatic rings. The van der Waals surface area contributed by atoms with Gasteiger partial charge in [-0.15, -0.1) is 0 Å². The Kier molecular flexibility index (Phi) is 4.37. The Morgan fingerprint density at radius 3 is 2.89 bits per heavy atom. The Labute approximate surface area is 120 Å². The first kappa shape index (κ1) is 14.2. The molecule has 0 aliphatic heterocycles. The lowest BCUT2D eigenvalue weighted by molar-refractivity contribution is 0.205. The molecule has 0 aliphatic carbocycles. The van der Waals surface area contributed by atoms with Crippen LogP contribution in [0.3, 0.4) is 0 Å². The molecule has 5 heteroatoms. The SMILES string of the molecule is CCCn1ncc(Br)c1C(O)c1cc(F)ccc1C. The van der Waals surface area contributed by atoms with Crippen molar-refractivity contribution >= 4 is 15.9 Å². The first-order valence-corrected chi connectivity index (χ1v) is 6.99. The third-order valence-corrected chi connectivity index (χ3v) is 3.67. The van der Waals surface area contributed by atoms with E-state index in [9.17, 15) is 9.50 Å². The van der Waals surface area contributed by atoms with E-state index in [1.807, 2.05) is 13.8 Å². The topological polar surface area (TPSA) is 38.0 Å². The fourth-order valence-corrected chi connectivity index (χ4v) is 2.60. The highest BCUT2D eigenvalue weighted by Gasteiger charge is 2.21. The van der Waals surface area contributed by atoms with Crippen LogP contribution in [0.1, 0.15) is 36.3 Å². The fraction of sp³-hybridized carbons (Fsp3) is 0.357. The molecule has 1 N–H and O–H groups in total. The number of benzene rings is 1. The van der Waals surface area contributed by atoms with E-state index in [-0.39, 0.29) is 5.82 Å². The van der Waals surface area contributed by atoms with E-state index in [0.717, 1.165) is 16.5 Å². The molecule has 0 amide bonds. The number of nitrogens with zero attached hydrogens (tertiary/aromatic N) is 2. The van der Waals surface area contributed by atoms with Crippen molar-refractivity contribution in [2.45, 2.75) is 32.9 Å². The zero-order valence-corrected chi connectivity index (χ0v) is 12.5. The number of aryl methyl sites for hydroxylation is 2. The zero-order chi connectivity index (χ0) is 14.0. The molecule has 1 atom stereocenters. The smallest absolute Gasteiger partial charge is 0.123 e. The summed E-state index contributed by atoms with van der Waals surface area (Å²) in [6.45, 7) is 4.61. The fourth-order valence-electron chi connectivity index (χ4n) is 2.09. The van der Waals surface area contributed by atoms with E-state index >= 15 is 0 Å². The predicted octanol–water partition coefficient (Wildman–Crippen LogP) is 3.58. The quantitative estimate of drug-likeness (QED) is 0.932. The van der Waals surface area contributed by atoms with E-state index in [0.29, 0.717) is 17.8 Å². The van der Waals surface area contributed by atoms with Gasteiger partial charge in [0, 0.05) is 6.54 Å². The minimum Gasteiger partial charge on any atom is -0.382 e. The summed E-state index contributed by atoms with van der Waals surface area (Å²) in [4.78, 5) is 0. The second kappa shape index (κ2) is 5.84. The van der Waals surface area contributed by atoms with E-state index in [4.69, 9.17) is 0 Å². The summed E-state index contributed by atoms with van der Waals surface area (Å²) < 4.78 is 15.8. The monoisotopic (exact) mass is 326 g/mol. The summed E-state index contributed by atoms with van der Waals surface area (Å²) in [6.07, 6.45) is 1.68. The van der Waals surface area contributed by atoms with Gasteiger partial charge in [0.05, 0.1) is 16.4 Å². The molecule has 1 aromatic carbocycles. The second-order valence-electron chi connectivity index (χ2n) is 4.50. The number of aliphatic hydroxyl groups excluding tert-OH is 1. The molecular formula is C14H16BrFN2O. The van der Waals surface area contributed by atoms with Crippen molar-refractivity contribution in [3.8, 4) is 0 Å². The highest BCUT2D eigenvalue weighted by molar-refractivity contribution is 9.10. The van der Waals surface area contributed by atoms with Crippen molar-refractivity contribution in [3.05, 3.63) is 51.5 Å². The molecule has 0 saturated heterocycles. The molecule has 102 valence electrons. The van der Waals surface area contributed by atoms with Gasteiger partial charge in [0.15, 0.2) is 0 Å². The first-order valence-electron chi connectivity index (χ1n) is 6.20. The van der Waals surface area contributed by atoms with Crippen LogP contribution in [0.4, 0.5) is 4.39 Å². The Bertz CT molecular complexity index is 583. The standard InChI is InChI=1S/C14H16BrFN2O/c1-3-6-18-13(12(15)8-17-18)14(19)11-7-10(16)5-4-9(11)2/h4-5,7-8,14,19H,3,6H2,1-2H3. The average molecular weight is 327 g/mol. The average Bonchev–Trinajstić information content (AvgIpc) is 2.73. The van der Waals surface area contributed by atoms with Crippen molar-refractivity contribution in [2.24, 2.45) is 0 Å². The highest BCUT2D eigenvalue weighted by Crippen LogP contribution is 2.30. The molecule has 1 aromatic heterocycles. The third-order valence-electron chi connectivity index (χ3n) is 3.06. The molecule has 0 aliphatic rings. The largest absolute Gasteiger partial charge is 0.382 e. The summed E-state index contributed by atoms with van der Waals surface area (Å²) in [5.74, 6) is -0.350. The Morgan fingerprint density at radius 2 is 2.21 bits per heavy atom. The molecule has 3 nitrogen and oxygen atoms in total. The maximum atomic E-state index is 13.4. The summed E-state index contributed by atoms with van der Waals surface area (Å²) >= 11 is 3.39. The number of hydrogen-bond donors (Lipinski definition) is 1. The van der Waals surface area contributed by atoms with E-state index in [1.54, 1.807) is 16.9 Å². The Hall–Kier alpha value is -1.20. The lowest BCUT2D eigenvalue weighted by Crippen LogP contribution is -2.12. The van der Waals surface area contributed by atoms with Gasteiger partial charge in [0.2, 0.25) is 0 Å². The molecule has 1 unspecified atom stereocenters. The Balaban J connectivity index is 2.46. The normalized spacial score (nSPS) is 12.7. The summed E-state index contributed by atoms with van der Waals surface area (Å²) in [7, 11) is 0. The number of halogens is 2. The van der Waals surface area contributed by atoms with Gasteiger partial charge in [-0.1, -0.05) is 13.0 Å². The summed E-state index contributed by atoms with van der Waals surface area (Å²) in [5.41, 5.74) is 2.08. The number of aromatic nitrogens is 2. The molecule has 0 saturated carbocycles. The van der Waals surface area contributed by atoms with Crippen LogP contribution >= 0.6 is 15.9 Å². The minimum atomic E-state index is -0.890. The molecule has 0 radical (unpaired) electrons. The van der Waals surface area contributed by atoms with Crippen LogP contribution in [0, 0.1) is 12.7 Å². The van der Waals surface area contributed by atoms with Crippen LogP contribution < -0.4 is 0 Å². The molecule has 0 bridgehead atoms. The lowest BCUT2D eigenvalue weighted by Gasteiger charge is -2.16. The number of rotatable bonds is 4. The number of hydrogen-bond acceptors (Lipinski definition) is 2. The van der Waals surface area contributed by atoms with Crippen LogP contribution in [-0.2, 0) is 6.54 Å². The summed E-state index contributed by atoms with van der Waals surface area (Å²) in [5, 5.41) is 14.7. The number of aliphatic hydroxyl groups is 1. The van der Waals surface area contributed by atoms with Crippen molar-refractivity contribution in [1.29, 1.82) is 0 Å². The minimum absolute atomic E-state index is 0.350. The van der Waals surface area contributed by atoms with Gasteiger partial charge in [-0.25, -0.2) is 4.39 Å². The predicted molar refractivity (Wildman–Crippen MR) is 75.4 cm³/mol. The van der Waals surface area contributed by atoms with Crippen LogP contribution in [-0.4, -0.2) is 14.9 Å². The third kappa shape index (κ3) is 2.87. The van der Waals surface area contributed by atoms with Gasteiger partial charge in [-0.2, -0.15) is 5.10 Å². The van der Waals surface area contributed by atoms with E-state index < -0.39 is 6.10 Å². The Morgan fingerprint density at radius 1 is 1.47 bits per heavy atom. The maximum Gasteiger partial charge on any atom is 0.123 e. The first-order chi connectivity index (χ1) is 9.04. The summed E-state index contributed by atoms with van der Waals surface area (Å²) in [6, 6.07) is 4.43. The van der Waals surface area contributed by atoms with Gasteiger partial charge in [-0.05, 0) is 52.5 Å². The molecule has 0 fully saturated rings. The van der Waals surface area contributed by atoms with Crippen molar-refractivity contribution in [1.82, 2.24) is 9.78 Å². The molecule has 2 rings (SSSR count). The molecule has 19 heavy (non-hydrogen) atoms. The van der Waals surface area contributed by atoms with Crippen molar-refractivity contribution in [3.63, 3.8) is 0 Å². The molecular weight excluding hydrogens is 311 g/mol. The molecule has 0 spiro atoms. The maximum absolute atomic E-state index is 13.4. The molecule has 1 heterocycles. The van der Waals surface area contributed by atoms with Crippen LogP contribution in [0.2, 0.25) is 0 Å². The van der Waals surface area contributed by atoms with Crippen LogP contribution in [0.5, 0.6) is 0 Å². The van der Waals surface area contributed by atoms with Crippen LogP contribution in [0.15, 0.2) is 28.9 Å². The van der Waals surface area contributed by atoms with Crippen molar-refractivity contribution < 1.29 is 9.50 Å². The zero-order valence-electron chi connectivity index (χ0n) is 10.9. The van der Waals surface area contributed by atoms with Crippen LogP contribution in [0.25, 0.3) is 0 Å². The van der Waals surface area contributed by atoms with Gasteiger partial charge in [-0.3, -0.25) is 4.68 Å². The van der Waals surface area contributed by atoms with E-state index in [1.165, 1.54) is 12.1 Å².